The maximum absolute atomic E-state index is 5.87. The summed E-state index contributed by atoms with van der Waals surface area (Å²) in [5.41, 5.74) is 1.55. The third-order valence-corrected chi connectivity index (χ3v) is 3.41. The Labute approximate surface area is 104 Å². The van der Waals surface area contributed by atoms with Crippen LogP contribution in [0.1, 0.15) is 39.2 Å². The van der Waals surface area contributed by atoms with Gasteiger partial charge in [-0.05, 0) is 23.1 Å². The Kier molecular flexibility index (Phi) is 3.43. The minimum atomic E-state index is 0.205. The van der Waals surface area contributed by atoms with Crippen LogP contribution in [0, 0.1) is 0 Å². The highest BCUT2D eigenvalue weighted by molar-refractivity contribution is 5.31. The Balaban J connectivity index is 1.91. The smallest absolute Gasteiger partial charge is 0.119 e. The lowest BCUT2D eigenvalue weighted by atomic mass is 9.87. The molecule has 0 spiro atoms. The highest BCUT2D eigenvalue weighted by Crippen LogP contribution is 2.29. The summed E-state index contributed by atoms with van der Waals surface area (Å²) in [6, 6.07) is 8.45. The topological polar surface area (TPSA) is 18.5 Å². The molecule has 0 aromatic heterocycles. The van der Waals surface area contributed by atoms with E-state index in [1.807, 2.05) is 0 Å². The van der Waals surface area contributed by atoms with Crippen molar-refractivity contribution in [3.63, 3.8) is 0 Å². The molecule has 1 aromatic rings. The van der Waals surface area contributed by atoms with Crippen LogP contribution in [0.25, 0.3) is 0 Å². The summed E-state index contributed by atoms with van der Waals surface area (Å²) in [7, 11) is 1.76. The van der Waals surface area contributed by atoms with Crippen LogP contribution in [-0.4, -0.2) is 19.3 Å². The van der Waals surface area contributed by atoms with Crippen molar-refractivity contribution in [3.8, 4) is 5.75 Å². The Bertz CT molecular complexity index is 356. The van der Waals surface area contributed by atoms with Crippen molar-refractivity contribution < 1.29 is 9.47 Å². The van der Waals surface area contributed by atoms with Gasteiger partial charge in [-0.1, -0.05) is 32.9 Å². The van der Waals surface area contributed by atoms with Gasteiger partial charge in [0.15, 0.2) is 0 Å². The standard InChI is InChI=1S/C15H22O2/c1-15(2,3)11-5-7-12(8-6-11)17-14-9-13(10-14)16-4/h5-8,13-14H,9-10H2,1-4H3. The lowest BCUT2D eigenvalue weighted by Gasteiger charge is -2.34. The van der Waals surface area contributed by atoms with E-state index in [-0.39, 0.29) is 5.41 Å². The number of methoxy groups -OCH3 is 1. The van der Waals surface area contributed by atoms with Crippen LogP contribution in [0.15, 0.2) is 24.3 Å². The summed E-state index contributed by atoms with van der Waals surface area (Å²) in [6.45, 7) is 6.66. The van der Waals surface area contributed by atoms with Gasteiger partial charge in [0.05, 0.1) is 6.10 Å². The van der Waals surface area contributed by atoms with Crippen molar-refractivity contribution in [1.29, 1.82) is 0 Å². The molecule has 0 aliphatic heterocycles. The average molecular weight is 234 g/mol. The van der Waals surface area contributed by atoms with Crippen molar-refractivity contribution in [3.05, 3.63) is 29.8 Å². The lowest BCUT2D eigenvalue weighted by molar-refractivity contribution is -0.0381. The normalized spacial score (nSPS) is 24.2. The molecule has 17 heavy (non-hydrogen) atoms. The van der Waals surface area contributed by atoms with E-state index in [4.69, 9.17) is 9.47 Å². The van der Waals surface area contributed by atoms with Gasteiger partial charge in [0, 0.05) is 20.0 Å². The third-order valence-electron chi connectivity index (χ3n) is 3.41. The van der Waals surface area contributed by atoms with Gasteiger partial charge >= 0.3 is 0 Å². The maximum Gasteiger partial charge on any atom is 0.119 e. The zero-order chi connectivity index (χ0) is 12.5. The van der Waals surface area contributed by atoms with E-state index in [0.717, 1.165) is 18.6 Å². The summed E-state index contributed by atoms with van der Waals surface area (Å²) in [5.74, 6) is 0.970. The zero-order valence-corrected chi connectivity index (χ0v) is 11.2. The third kappa shape index (κ3) is 3.01. The summed E-state index contributed by atoms with van der Waals surface area (Å²) >= 11 is 0. The fraction of sp³-hybridized carbons (Fsp3) is 0.600. The molecule has 0 unspecified atom stereocenters. The molecular formula is C15H22O2. The van der Waals surface area contributed by atoms with Gasteiger partial charge in [0.25, 0.3) is 0 Å². The summed E-state index contributed by atoms with van der Waals surface area (Å²) in [4.78, 5) is 0. The fourth-order valence-corrected chi connectivity index (χ4v) is 2.03. The van der Waals surface area contributed by atoms with Gasteiger partial charge in [-0.3, -0.25) is 0 Å². The van der Waals surface area contributed by atoms with Gasteiger partial charge < -0.3 is 9.47 Å². The monoisotopic (exact) mass is 234 g/mol. The Morgan fingerprint density at radius 3 is 2.06 bits per heavy atom. The number of ether oxygens (including phenoxy) is 2. The van der Waals surface area contributed by atoms with E-state index in [0.29, 0.717) is 12.2 Å². The molecule has 0 heterocycles. The summed E-state index contributed by atoms with van der Waals surface area (Å²) in [5, 5.41) is 0. The molecule has 0 bridgehead atoms. The van der Waals surface area contributed by atoms with Crippen LogP contribution < -0.4 is 4.74 Å². The second-order valence-electron chi connectivity index (χ2n) is 5.84. The van der Waals surface area contributed by atoms with E-state index in [1.54, 1.807) is 7.11 Å². The lowest BCUT2D eigenvalue weighted by Crippen LogP contribution is -2.38. The quantitative estimate of drug-likeness (QED) is 0.796. The van der Waals surface area contributed by atoms with E-state index >= 15 is 0 Å². The average Bonchev–Trinajstić information content (AvgIpc) is 2.22. The second kappa shape index (κ2) is 4.69. The van der Waals surface area contributed by atoms with E-state index in [9.17, 15) is 0 Å². The van der Waals surface area contributed by atoms with E-state index in [1.165, 1.54) is 5.56 Å². The van der Waals surface area contributed by atoms with Crippen molar-refractivity contribution in [2.24, 2.45) is 0 Å². The number of rotatable bonds is 3. The Hall–Kier alpha value is -1.02. The minimum absolute atomic E-state index is 0.205. The maximum atomic E-state index is 5.87. The first-order valence-corrected chi connectivity index (χ1v) is 6.29. The predicted molar refractivity (Wildman–Crippen MR) is 69.6 cm³/mol. The van der Waals surface area contributed by atoms with Crippen LogP contribution in [0.5, 0.6) is 5.75 Å². The molecular weight excluding hydrogens is 212 g/mol. The minimum Gasteiger partial charge on any atom is -0.490 e. The molecule has 1 aromatic carbocycles. The summed E-state index contributed by atoms with van der Waals surface area (Å²) < 4.78 is 11.1. The van der Waals surface area contributed by atoms with Gasteiger partial charge in [0.1, 0.15) is 11.9 Å². The molecule has 0 amide bonds. The molecule has 1 aliphatic carbocycles. The molecule has 2 nitrogen and oxygen atoms in total. The molecule has 2 rings (SSSR count). The number of benzene rings is 1. The predicted octanol–water partition coefficient (Wildman–Crippen LogP) is 3.54. The first-order chi connectivity index (χ1) is 7.99. The fourth-order valence-electron chi connectivity index (χ4n) is 2.03. The van der Waals surface area contributed by atoms with Crippen LogP contribution >= 0.6 is 0 Å². The Morgan fingerprint density at radius 1 is 1.00 bits per heavy atom. The molecule has 1 saturated carbocycles. The van der Waals surface area contributed by atoms with Crippen LogP contribution in [0.4, 0.5) is 0 Å². The molecule has 1 aliphatic rings. The van der Waals surface area contributed by atoms with Crippen molar-refractivity contribution >= 4 is 0 Å². The highest BCUT2D eigenvalue weighted by Gasteiger charge is 2.30. The van der Waals surface area contributed by atoms with Crippen LogP contribution in [0.2, 0.25) is 0 Å². The molecule has 0 saturated heterocycles. The van der Waals surface area contributed by atoms with Crippen molar-refractivity contribution in [2.45, 2.75) is 51.2 Å². The molecule has 0 N–H and O–H groups in total. The highest BCUT2D eigenvalue weighted by atomic mass is 16.5. The first-order valence-electron chi connectivity index (χ1n) is 6.29. The molecule has 2 heteroatoms. The Morgan fingerprint density at radius 2 is 1.59 bits per heavy atom. The zero-order valence-electron chi connectivity index (χ0n) is 11.2. The van der Waals surface area contributed by atoms with Crippen LogP contribution in [0.3, 0.4) is 0 Å². The summed E-state index contributed by atoms with van der Waals surface area (Å²) in [6.07, 6.45) is 2.75. The largest absolute Gasteiger partial charge is 0.490 e. The molecule has 1 fully saturated rings. The van der Waals surface area contributed by atoms with E-state index < -0.39 is 0 Å². The molecule has 0 radical (unpaired) electrons. The SMILES string of the molecule is COC1CC(Oc2ccc(C(C)(C)C)cc2)C1. The van der Waals surface area contributed by atoms with Gasteiger partial charge in [-0.2, -0.15) is 0 Å². The van der Waals surface area contributed by atoms with Gasteiger partial charge in [-0.15, -0.1) is 0 Å². The molecule has 94 valence electrons. The number of hydrogen-bond donors (Lipinski definition) is 0. The van der Waals surface area contributed by atoms with Gasteiger partial charge in [-0.25, -0.2) is 0 Å². The van der Waals surface area contributed by atoms with E-state index in [2.05, 4.69) is 45.0 Å². The van der Waals surface area contributed by atoms with Crippen molar-refractivity contribution in [1.82, 2.24) is 0 Å². The second-order valence-corrected chi connectivity index (χ2v) is 5.84. The molecule has 0 atom stereocenters. The van der Waals surface area contributed by atoms with Crippen molar-refractivity contribution in [2.75, 3.05) is 7.11 Å². The number of hydrogen-bond acceptors (Lipinski definition) is 2. The first kappa shape index (κ1) is 12.4. The van der Waals surface area contributed by atoms with Crippen LogP contribution in [-0.2, 0) is 10.2 Å². The van der Waals surface area contributed by atoms with Gasteiger partial charge in [0.2, 0.25) is 0 Å².